The van der Waals surface area contributed by atoms with Crippen LogP contribution in [0.15, 0.2) is 0 Å². The molecule has 0 aliphatic heterocycles. The van der Waals surface area contributed by atoms with E-state index in [0.717, 1.165) is 0 Å². The van der Waals surface area contributed by atoms with Gasteiger partial charge in [-0.25, -0.2) is 0 Å². The Bertz CT molecular complexity index is 262. The van der Waals surface area contributed by atoms with E-state index in [4.69, 9.17) is 10.5 Å². The fourth-order valence-electron chi connectivity index (χ4n) is 1.32. The molecule has 0 spiro atoms. The highest BCUT2D eigenvalue weighted by atomic mass is 16.5. The van der Waals surface area contributed by atoms with E-state index in [1.54, 1.807) is 13.8 Å². The Morgan fingerprint density at radius 2 is 1.88 bits per heavy atom. The summed E-state index contributed by atoms with van der Waals surface area (Å²) in [5.41, 5.74) is 4.19. The van der Waals surface area contributed by atoms with Crippen molar-refractivity contribution in [2.75, 3.05) is 20.2 Å². The van der Waals surface area contributed by atoms with Crippen LogP contribution < -0.4 is 5.73 Å². The van der Waals surface area contributed by atoms with E-state index in [0.29, 0.717) is 6.54 Å². The van der Waals surface area contributed by atoms with Crippen molar-refractivity contribution in [1.82, 2.24) is 4.90 Å². The lowest BCUT2D eigenvalue weighted by molar-refractivity contribution is -0.153. The number of hydrogen-bond acceptors (Lipinski definition) is 3. The summed E-state index contributed by atoms with van der Waals surface area (Å²) in [6.45, 7) is 7.72. The van der Waals surface area contributed by atoms with Crippen LogP contribution in [-0.2, 0) is 14.3 Å². The van der Waals surface area contributed by atoms with Crippen LogP contribution in [0, 0.1) is 5.92 Å². The molecule has 0 aromatic rings. The van der Waals surface area contributed by atoms with Gasteiger partial charge >= 0.3 is 0 Å². The molecule has 94 valence electrons. The second kappa shape index (κ2) is 5.84. The molecule has 0 aliphatic rings. The van der Waals surface area contributed by atoms with Crippen LogP contribution >= 0.6 is 0 Å². The number of primary amides is 1. The molecule has 0 aromatic carbocycles. The van der Waals surface area contributed by atoms with Crippen molar-refractivity contribution in [3.63, 3.8) is 0 Å². The smallest absolute Gasteiger partial charge is 0.254 e. The van der Waals surface area contributed by atoms with Gasteiger partial charge in [-0.3, -0.25) is 9.59 Å². The number of rotatable bonds is 6. The number of hydrogen-bond donors (Lipinski definition) is 1. The van der Waals surface area contributed by atoms with Crippen molar-refractivity contribution in [3.8, 4) is 0 Å². The first-order valence-electron chi connectivity index (χ1n) is 5.33. The number of ether oxygens (including phenoxy) is 1. The fraction of sp³-hybridized carbons (Fsp3) is 0.818. The van der Waals surface area contributed by atoms with Crippen molar-refractivity contribution in [2.24, 2.45) is 11.7 Å². The Morgan fingerprint density at radius 1 is 1.38 bits per heavy atom. The highest BCUT2D eigenvalue weighted by Gasteiger charge is 2.32. The second-order valence-electron chi connectivity index (χ2n) is 4.76. The second-order valence-corrected chi connectivity index (χ2v) is 4.76. The summed E-state index contributed by atoms with van der Waals surface area (Å²) in [6.07, 6.45) is 0. The third kappa shape index (κ3) is 4.61. The van der Waals surface area contributed by atoms with Crippen LogP contribution in [0.5, 0.6) is 0 Å². The van der Waals surface area contributed by atoms with Gasteiger partial charge in [0.15, 0.2) is 0 Å². The van der Waals surface area contributed by atoms with Gasteiger partial charge in [-0.05, 0) is 19.8 Å². The third-order valence-electron chi connectivity index (χ3n) is 2.24. The molecule has 0 saturated carbocycles. The Hall–Kier alpha value is -1.10. The Balaban J connectivity index is 4.75. The fourth-order valence-corrected chi connectivity index (χ4v) is 1.32. The van der Waals surface area contributed by atoms with Crippen LogP contribution in [-0.4, -0.2) is 42.5 Å². The van der Waals surface area contributed by atoms with Crippen molar-refractivity contribution >= 4 is 11.8 Å². The minimum absolute atomic E-state index is 0.0657. The number of nitrogens with zero attached hydrogens (tertiary/aromatic N) is 1. The molecule has 5 heteroatoms. The first-order valence-corrected chi connectivity index (χ1v) is 5.33. The highest BCUT2D eigenvalue weighted by Crippen LogP contribution is 2.13. The van der Waals surface area contributed by atoms with Gasteiger partial charge in [-0.15, -0.1) is 0 Å². The van der Waals surface area contributed by atoms with E-state index >= 15 is 0 Å². The zero-order valence-electron chi connectivity index (χ0n) is 10.7. The van der Waals surface area contributed by atoms with E-state index in [2.05, 4.69) is 0 Å². The molecular weight excluding hydrogens is 208 g/mol. The summed E-state index contributed by atoms with van der Waals surface area (Å²) in [5, 5.41) is 0. The molecule has 0 rings (SSSR count). The monoisotopic (exact) mass is 230 g/mol. The van der Waals surface area contributed by atoms with Crippen LogP contribution in [0.1, 0.15) is 27.7 Å². The average Bonchev–Trinajstić information content (AvgIpc) is 2.14. The van der Waals surface area contributed by atoms with E-state index < -0.39 is 11.5 Å². The first-order chi connectivity index (χ1) is 7.20. The van der Waals surface area contributed by atoms with Crippen molar-refractivity contribution in [3.05, 3.63) is 0 Å². The van der Waals surface area contributed by atoms with Crippen LogP contribution in [0.2, 0.25) is 0 Å². The predicted molar refractivity (Wildman–Crippen MR) is 61.7 cm³/mol. The molecule has 0 heterocycles. The topological polar surface area (TPSA) is 72.6 Å². The number of carbonyl (C=O) groups is 2. The molecule has 16 heavy (non-hydrogen) atoms. The van der Waals surface area contributed by atoms with Crippen molar-refractivity contribution < 1.29 is 14.3 Å². The lowest BCUT2D eigenvalue weighted by Crippen LogP contribution is -2.50. The molecule has 5 nitrogen and oxygen atoms in total. The number of nitrogens with two attached hydrogens (primary N) is 1. The van der Waals surface area contributed by atoms with Gasteiger partial charge in [0.2, 0.25) is 5.91 Å². The zero-order valence-corrected chi connectivity index (χ0v) is 10.7. The summed E-state index contributed by atoms with van der Waals surface area (Å²) in [4.78, 5) is 24.4. The molecule has 0 bridgehead atoms. The van der Waals surface area contributed by atoms with Gasteiger partial charge in [0.25, 0.3) is 5.91 Å². The maximum absolute atomic E-state index is 12.1. The van der Waals surface area contributed by atoms with Crippen LogP contribution in [0.3, 0.4) is 0 Å². The Morgan fingerprint density at radius 3 is 2.19 bits per heavy atom. The van der Waals surface area contributed by atoms with E-state index in [1.807, 2.05) is 13.8 Å². The number of methoxy groups -OCH3 is 1. The van der Waals surface area contributed by atoms with Gasteiger partial charge in [-0.1, -0.05) is 13.8 Å². The summed E-state index contributed by atoms with van der Waals surface area (Å²) < 4.78 is 5.10. The molecule has 0 unspecified atom stereocenters. The molecule has 0 radical (unpaired) electrons. The lowest BCUT2D eigenvalue weighted by Gasteiger charge is -2.31. The highest BCUT2D eigenvalue weighted by molar-refractivity contribution is 5.88. The Labute approximate surface area is 96.9 Å². The largest absolute Gasteiger partial charge is 0.369 e. The molecule has 0 saturated heterocycles. The molecule has 0 atom stereocenters. The average molecular weight is 230 g/mol. The number of carbonyl (C=O) groups excluding carboxylic acids is 2. The van der Waals surface area contributed by atoms with Crippen molar-refractivity contribution in [2.45, 2.75) is 33.3 Å². The van der Waals surface area contributed by atoms with Crippen molar-refractivity contribution in [1.29, 1.82) is 0 Å². The first kappa shape index (κ1) is 14.9. The molecule has 0 aromatic heterocycles. The van der Waals surface area contributed by atoms with E-state index in [-0.39, 0.29) is 18.4 Å². The maximum atomic E-state index is 12.1. The summed E-state index contributed by atoms with van der Waals surface area (Å²) in [7, 11) is 1.47. The van der Waals surface area contributed by atoms with Gasteiger partial charge < -0.3 is 15.4 Å². The summed E-state index contributed by atoms with van der Waals surface area (Å²) >= 11 is 0. The zero-order chi connectivity index (χ0) is 12.9. The quantitative estimate of drug-likeness (QED) is 0.717. The summed E-state index contributed by atoms with van der Waals surface area (Å²) in [6, 6.07) is 0. The van der Waals surface area contributed by atoms with Gasteiger partial charge in [0.05, 0.1) is 6.54 Å². The molecule has 0 fully saturated rings. The van der Waals surface area contributed by atoms with Crippen LogP contribution in [0.4, 0.5) is 0 Å². The summed E-state index contributed by atoms with van der Waals surface area (Å²) in [5.74, 6) is -0.459. The molecular formula is C11H22N2O3. The standard InChI is InChI=1S/C11H22N2O3/c1-8(2)6-13(7-9(12)14)10(15)11(3,4)16-5/h8H,6-7H2,1-5H3,(H2,12,14). The predicted octanol–water partition coefficient (Wildman–Crippen LogP) is 0.381. The van der Waals surface area contributed by atoms with Crippen LogP contribution in [0.25, 0.3) is 0 Å². The third-order valence-corrected chi connectivity index (χ3v) is 2.24. The minimum Gasteiger partial charge on any atom is -0.369 e. The minimum atomic E-state index is -0.926. The SMILES string of the molecule is COC(C)(C)C(=O)N(CC(N)=O)CC(C)C. The van der Waals surface area contributed by atoms with Gasteiger partial charge in [0, 0.05) is 13.7 Å². The normalized spacial score (nSPS) is 11.6. The molecule has 0 aliphatic carbocycles. The number of amides is 2. The molecule has 2 amide bonds. The van der Waals surface area contributed by atoms with E-state index in [9.17, 15) is 9.59 Å². The lowest BCUT2D eigenvalue weighted by atomic mass is 10.1. The molecule has 2 N–H and O–H groups in total. The Kier molecular flexibility index (Phi) is 5.44. The maximum Gasteiger partial charge on any atom is 0.254 e. The van der Waals surface area contributed by atoms with Gasteiger partial charge in [0.1, 0.15) is 5.60 Å². The van der Waals surface area contributed by atoms with E-state index in [1.165, 1.54) is 12.0 Å². The van der Waals surface area contributed by atoms with Gasteiger partial charge in [-0.2, -0.15) is 0 Å².